The summed E-state index contributed by atoms with van der Waals surface area (Å²) in [7, 11) is 5.17. The van der Waals surface area contributed by atoms with Crippen LogP contribution in [0, 0.1) is 5.82 Å². The summed E-state index contributed by atoms with van der Waals surface area (Å²) >= 11 is 0. The normalized spacial score (nSPS) is 10.3. The van der Waals surface area contributed by atoms with Gasteiger partial charge in [-0.25, -0.2) is 4.39 Å². The fourth-order valence-electron chi connectivity index (χ4n) is 1.17. The Morgan fingerprint density at radius 2 is 2.14 bits per heavy atom. The molecule has 1 aromatic rings. The number of hydrogen-bond acceptors (Lipinski definition) is 3. The van der Waals surface area contributed by atoms with Gasteiger partial charge in [-0.2, -0.15) is 5.48 Å². The number of hydroxylamine groups is 1. The first-order chi connectivity index (χ1) is 6.65. The van der Waals surface area contributed by atoms with Gasteiger partial charge in [0.2, 0.25) is 0 Å². The number of halogens is 1. The minimum atomic E-state index is -0.212. The molecule has 0 aliphatic heterocycles. The predicted molar refractivity (Wildman–Crippen MR) is 54.6 cm³/mol. The molecule has 0 aromatic heterocycles. The van der Waals surface area contributed by atoms with Crippen LogP contribution in [0.5, 0.6) is 0 Å². The SMILES string of the molecule is CONCc1ccc(F)c(N(C)C)c1. The largest absolute Gasteiger partial charge is 0.375 e. The molecule has 3 nitrogen and oxygen atoms in total. The van der Waals surface area contributed by atoms with Crippen LogP contribution in [0.25, 0.3) is 0 Å². The number of rotatable bonds is 4. The van der Waals surface area contributed by atoms with Crippen LogP contribution in [-0.2, 0) is 11.4 Å². The van der Waals surface area contributed by atoms with Gasteiger partial charge in [-0.05, 0) is 17.7 Å². The van der Waals surface area contributed by atoms with Gasteiger partial charge < -0.3 is 9.74 Å². The van der Waals surface area contributed by atoms with E-state index in [-0.39, 0.29) is 5.82 Å². The average molecular weight is 198 g/mol. The lowest BCUT2D eigenvalue weighted by Gasteiger charge is -2.14. The third-order valence-corrected chi connectivity index (χ3v) is 1.91. The summed E-state index contributed by atoms with van der Waals surface area (Å²) in [4.78, 5) is 6.46. The van der Waals surface area contributed by atoms with Crippen molar-refractivity contribution in [3.63, 3.8) is 0 Å². The van der Waals surface area contributed by atoms with Gasteiger partial charge in [-0.1, -0.05) is 6.07 Å². The number of anilines is 1. The Morgan fingerprint density at radius 3 is 2.71 bits per heavy atom. The lowest BCUT2D eigenvalue weighted by Crippen LogP contribution is -2.14. The Bertz CT molecular complexity index is 302. The van der Waals surface area contributed by atoms with E-state index in [1.54, 1.807) is 24.1 Å². The lowest BCUT2D eigenvalue weighted by molar-refractivity contribution is 0.0867. The summed E-state index contributed by atoms with van der Waals surface area (Å²) in [6, 6.07) is 4.98. The van der Waals surface area contributed by atoms with Gasteiger partial charge >= 0.3 is 0 Å². The summed E-state index contributed by atoms with van der Waals surface area (Å²) in [5, 5.41) is 0. The molecule has 0 aliphatic rings. The molecule has 0 atom stereocenters. The zero-order valence-electron chi connectivity index (χ0n) is 8.67. The van der Waals surface area contributed by atoms with E-state index in [0.717, 1.165) is 5.56 Å². The summed E-state index contributed by atoms with van der Waals surface area (Å²) in [6.45, 7) is 0.567. The van der Waals surface area contributed by atoms with Crippen molar-refractivity contribution in [3.05, 3.63) is 29.6 Å². The molecule has 0 aliphatic carbocycles. The molecule has 0 bridgehead atoms. The maximum Gasteiger partial charge on any atom is 0.146 e. The monoisotopic (exact) mass is 198 g/mol. The summed E-state index contributed by atoms with van der Waals surface area (Å²) in [6.07, 6.45) is 0. The minimum Gasteiger partial charge on any atom is -0.375 e. The van der Waals surface area contributed by atoms with Gasteiger partial charge in [0.25, 0.3) is 0 Å². The van der Waals surface area contributed by atoms with Crippen molar-refractivity contribution >= 4 is 5.69 Å². The van der Waals surface area contributed by atoms with Gasteiger partial charge in [0.15, 0.2) is 0 Å². The number of benzene rings is 1. The fraction of sp³-hybridized carbons (Fsp3) is 0.400. The molecule has 4 heteroatoms. The van der Waals surface area contributed by atoms with E-state index in [1.165, 1.54) is 6.07 Å². The van der Waals surface area contributed by atoms with E-state index in [2.05, 4.69) is 5.48 Å². The van der Waals surface area contributed by atoms with Gasteiger partial charge in [0.1, 0.15) is 5.82 Å². The van der Waals surface area contributed by atoms with Crippen LogP contribution < -0.4 is 10.4 Å². The second-order valence-electron chi connectivity index (χ2n) is 3.21. The van der Waals surface area contributed by atoms with Crippen LogP contribution in [0.3, 0.4) is 0 Å². The van der Waals surface area contributed by atoms with Crippen molar-refractivity contribution in [1.29, 1.82) is 0 Å². The molecule has 0 spiro atoms. The highest BCUT2D eigenvalue weighted by Crippen LogP contribution is 2.18. The molecule has 0 radical (unpaired) electrons. The van der Waals surface area contributed by atoms with Crippen molar-refractivity contribution in [2.75, 3.05) is 26.1 Å². The molecule has 1 rings (SSSR count). The molecule has 0 saturated carbocycles. The summed E-state index contributed by atoms with van der Waals surface area (Å²) in [5.74, 6) is -0.212. The predicted octanol–water partition coefficient (Wildman–Crippen LogP) is 1.54. The molecule has 0 heterocycles. The minimum absolute atomic E-state index is 0.212. The lowest BCUT2D eigenvalue weighted by atomic mass is 10.2. The van der Waals surface area contributed by atoms with E-state index in [0.29, 0.717) is 12.2 Å². The number of nitrogens with one attached hydrogen (secondary N) is 1. The van der Waals surface area contributed by atoms with E-state index >= 15 is 0 Å². The maximum absolute atomic E-state index is 13.2. The van der Waals surface area contributed by atoms with Crippen LogP contribution in [0.2, 0.25) is 0 Å². The quantitative estimate of drug-likeness (QED) is 0.743. The van der Waals surface area contributed by atoms with Crippen molar-refractivity contribution < 1.29 is 9.23 Å². The van der Waals surface area contributed by atoms with Crippen LogP contribution in [-0.4, -0.2) is 21.2 Å². The van der Waals surface area contributed by atoms with Crippen molar-refractivity contribution in [1.82, 2.24) is 5.48 Å². The molecule has 1 aromatic carbocycles. The van der Waals surface area contributed by atoms with Gasteiger partial charge in [-0.3, -0.25) is 0 Å². The molecule has 78 valence electrons. The molecular weight excluding hydrogens is 183 g/mol. The highest BCUT2D eigenvalue weighted by molar-refractivity contribution is 5.48. The van der Waals surface area contributed by atoms with Crippen molar-refractivity contribution in [2.24, 2.45) is 0 Å². The van der Waals surface area contributed by atoms with Crippen molar-refractivity contribution in [3.8, 4) is 0 Å². The van der Waals surface area contributed by atoms with Gasteiger partial charge in [0, 0.05) is 20.6 Å². The highest BCUT2D eigenvalue weighted by Gasteiger charge is 2.04. The summed E-state index contributed by atoms with van der Waals surface area (Å²) < 4.78 is 13.2. The topological polar surface area (TPSA) is 24.5 Å². The molecule has 0 unspecified atom stereocenters. The zero-order chi connectivity index (χ0) is 10.6. The highest BCUT2D eigenvalue weighted by atomic mass is 19.1. The Labute approximate surface area is 83.4 Å². The number of hydrogen-bond donors (Lipinski definition) is 1. The smallest absolute Gasteiger partial charge is 0.146 e. The molecule has 14 heavy (non-hydrogen) atoms. The Morgan fingerprint density at radius 1 is 1.43 bits per heavy atom. The van der Waals surface area contributed by atoms with Crippen LogP contribution >= 0.6 is 0 Å². The first-order valence-electron chi connectivity index (χ1n) is 4.36. The first-order valence-corrected chi connectivity index (χ1v) is 4.36. The molecular formula is C10H15FN2O. The van der Waals surface area contributed by atoms with E-state index in [9.17, 15) is 4.39 Å². The van der Waals surface area contributed by atoms with Crippen LogP contribution in [0.15, 0.2) is 18.2 Å². The maximum atomic E-state index is 13.2. The average Bonchev–Trinajstić information content (AvgIpc) is 2.16. The van der Waals surface area contributed by atoms with Crippen LogP contribution in [0.4, 0.5) is 10.1 Å². The van der Waals surface area contributed by atoms with Gasteiger partial charge in [0.05, 0.1) is 12.8 Å². The standard InChI is InChI=1S/C10H15FN2O/c1-13(2)10-6-8(7-12-14-3)4-5-9(10)11/h4-6,12H,7H2,1-3H3. The van der Waals surface area contributed by atoms with Gasteiger partial charge in [-0.15, -0.1) is 0 Å². The second kappa shape index (κ2) is 4.93. The second-order valence-corrected chi connectivity index (χ2v) is 3.21. The Hall–Kier alpha value is -1.13. The third-order valence-electron chi connectivity index (χ3n) is 1.91. The zero-order valence-corrected chi connectivity index (χ0v) is 8.67. The molecule has 0 fully saturated rings. The summed E-state index contributed by atoms with van der Waals surface area (Å²) in [5.41, 5.74) is 4.28. The molecule has 0 saturated heterocycles. The third kappa shape index (κ3) is 2.68. The van der Waals surface area contributed by atoms with E-state index < -0.39 is 0 Å². The van der Waals surface area contributed by atoms with Crippen LogP contribution in [0.1, 0.15) is 5.56 Å². The Balaban J connectivity index is 2.83. The van der Waals surface area contributed by atoms with E-state index in [1.807, 2.05) is 14.1 Å². The first kappa shape index (κ1) is 10.9. The Kier molecular flexibility index (Phi) is 3.85. The van der Waals surface area contributed by atoms with Crippen molar-refractivity contribution in [2.45, 2.75) is 6.54 Å². The fourth-order valence-corrected chi connectivity index (χ4v) is 1.17. The van der Waals surface area contributed by atoms with E-state index in [4.69, 9.17) is 4.84 Å². The molecule has 1 N–H and O–H groups in total. The number of nitrogens with zero attached hydrogens (tertiary/aromatic N) is 1. The molecule has 0 amide bonds.